The second-order valence-corrected chi connectivity index (χ2v) is 11.9. The van der Waals surface area contributed by atoms with Crippen molar-refractivity contribution in [2.75, 3.05) is 11.1 Å². The molecule has 0 saturated heterocycles. The van der Waals surface area contributed by atoms with Crippen LogP contribution >= 0.6 is 34.7 Å². The molecule has 2 aromatic carbocycles. The maximum atomic E-state index is 14.0. The van der Waals surface area contributed by atoms with Gasteiger partial charge in [0.05, 0.1) is 16.8 Å². The average Bonchev–Trinajstić information content (AvgIpc) is 3.47. The van der Waals surface area contributed by atoms with Gasteiger partial charge in [-0.25, -0.2) is 8.97 Å². The minimum absolute atomic E-state index is 0.0994. The number of aryl methyl sites for hydroxylation is 2. The average molecular weight is 550 g/mol. The van der Waals surface area contributed by atoms with Crippen LogP contribution in [-0.4, -0.2) is 30.8 Å². The van der Waals surface area contributed by atoms with Gasteiger partial charge in [-0.05, 0) is 73.6 Å². The lowest BCUT2D eigenvalue weighted by molar-refractivity contribution is -0.113. The highest BCUT2D eigenvalue weighted by atomic mass is 35.5. The molecule has 0 unspecified atom stereocenters. The van der Waals surface area contributed by atoms with Crippen LogP contribution in [0, 0.1) is 12.8 Å². The summed E-state index contributed by atoms with van der Waals surface area (Å²) in [4.78, 5) is 28.8. The van der Waals surface area contributed by atoms with Gasteiger partial charge in [0, 0.05) is 15.6 Å². The number of amides is 1. The SMILES string of the molecule is Cc1ccccc1NC(=O)CSc1nnc2n(-c3ccc(Cl)cc3)c(=O)c3c4c(sc3n12)CC[C@H](C)C4. The van der Waals surface area contributed by atoms with Crippen molar-refractivity contribution < 1.29 is 4.79 Å². The first-order chi connectivity index (χ1) is 17.9. The summed E-state index contributed by atoms with van der Waals surface area (Å²) in [6.07, 6.45) is 2.94. The van der Waals surface area contributed by atoms with Crippen LogP contribution < -0.4 is 10.9 Å². The fraction of sp³-hybridized carbons (Fsp3) is 0.259. The molecule has 10 heteroatoms. The number of nitrogens with zero attached hydrogens (tertiary/aromatic N) is 4. The number of carbonyl (C=O) groups excluding carboxylic acids is 1. The first kappa shape index (κ1) is 24.2. The minimum Gasteiger partial charge on any atom is -0.325 e. The molecule has 188 valence electrons. The maximum absolute atomic E-state index is 14.0. The second-order valence-electron chi connectivity index (χ2n) is 9.42. The summed E-state index contributed by atoms with van der Waals surface area (Å²) in [5.74, 6) is 0.980. The van der Waals surface area contributed by atoms with Crippen LogP contribution in [0.15, 0.2) is 58.5 Å². The smallest absolute Gasteiger partial charge is 0.268 e. The number of nitrogens with one attached hydrogen (secondary N) is 1. The zero-order valence-electron chi connectivity index (χ0n) is 20.3. The summed E-state index contributed by atoms with van der Waals surface area (Å²) in [5, 5.41) is 13.7. The predicted octanol–water partition coefficient (Wildman–Crippen LogP) is 5.91. The molecule has 3 heterocycles. The topological polar surface area (TPSA) is 81.3 Å². The highest BCUT2D eigenvalue weighted by Gasteiger charge is 2.27. The van der Waals surface area contributed by atoms with E-state index in [9.17, 15) is 9.59 Å². The summed E-state index contributed by atoms with van der Waals surface area (Å²) in [7, 11) is 0. The summed E-state index contributed by atoms with van der Waals surface area (Å²) in [6.45, 7) is 4.19. The van der Waals surface area contributed by atoms with Gasteiger partial charge in [-0.15, -0.1) is 21.5 Å². The van der Waals surface area contributed by atoms with E-state index in [1.807, 2.05) is 47.7 Å². The molecule has 1 amide bonds. The number of benzene rings is 2. The van der Waals surface area contributed by atoms with E-state index < -0.39 is 0 Å². The highest BCUT2D eigenvalue weighted by Crippen LogP contribution is 2.38. The molecule has 0 aliphatic heterocycles. The Labute approximate surface area is 226 Å². The molecule has 1 aliphatic carbocycles. The number of anilines is 1. The Hall–Kier alpha value is -3.14. The molecule has 0 spiro atoms. The van der Waals surface area contributed by atoms with Crippen molar-refractivity contribution in [3.8, 4) is 5.69 Å². The molecule has 0 bridgehead atoms. The van der Waals surface area contributed by atoms with Crippen molar-refractivity contribution in [3.05, 3.63) is 79.9 Å². The number of thioether (sulfide) groups is 1. The van der Waals surface area contributed by atoms with Gasteiger partial charge in [0.1, 0.15) is 4.83 Å². The number of carbonyl (C=O) groups is 1. The largest absolute Gasteiger partial charge is 0.325 e. The summed E-state index contributed by atoms with van der Waals surface area (Å²) >= 11 is 9.08. The quantitative estimate of drug-likeness (QED) is 0.275. The maximum Gasteiger partial charge on any atom is 0.268 e. The van der Waals surface area contributed by atoms with Gasteiger partial charge in [0.15, 0.2) is 5.16 Å². The molecule has 5 aromatic rings. The van der Waals surface area contributed by atoms with Gasteiger partial charge in [-0.1, -0.05) is 48.5 Å². The van der Waals surface area contributed by atoms with Crippen LogP contribution in [0.2, 0.25) is 5.02 Å². The number of thiophene rings is 1. The molecule has 3 aromatic heterocycles. The third kappa shape index (κ3) is 4.35. The van der Waals surface area contributed by atoms with Gasteiger partial charge >= 0.3 is 0 Å². The van der Waals surface area contributed by atoms with E-state index >= 15 is 0 Å². The van der Waals surface area contributed by atoms with Crippen molar-refractivity contribution in [3.63, 3.8) is 0 Å². The molecular weight excluding hydrogens is 526 g/mol. The van der Waals surface area contributed by atoms with Crippen molar-refractivity contribution in [2.45, 2.75) is 38.3 Å². The van der Waals surface area contributed by atoms with Crippen LogP contribution in [0.1, 0.15) is 29.3 Å². The molecule has 6 rings (SSSR count). The van der Waals surface area contributed by atoms with Crippen molar-refractivity contribution in [2.24, 2.45) is 5.92 Å². The van der Waals surface area contributed by atoms with E-state index in [0.717, 1.165) is 46.3 Å². The fourth-order valence-corrected chi connectivity index (χ4v) is 7.11. The second kappa shape index (κ2) is 9.63. The normalized spacial score (nSPS) is 15.3. The van der Waals surface area contributed by atoms with Crippen molar-refractivity contribution >= 4 is 62.3 Å². The Kier molecular flexibility index (Phi) is 6.30. The van der Waals surface area contributed by atoms with E-state index in [1.165, 1.54) is 16.6 Å². The van der Waals surface area contributed by atoms with Crippen LogP contribution in [-0.2, 0) is 17.6 Å². The van der Waals surface area contributed by atoms with Crippen LogP contribution in [0.25, 0.3) is 21.7 Å². The fourth-order valence-electron chi connectivity index (χ4n) is 4.86. The van der Waals surface area contributed by atoms with E-state index in [0.29, 0.717) is 27.6 Å². The number of fused-ring (bicyclic) bond motifs is 5. The van der Waals surface area contributed by atoms with Crippen LogP contribution in [0.5, 0.6) is 0 Å². The van der Waals surface area contributed by atoms with Crippen LogP contribution in [0.3, 0.4) is 0 Å². The van der Waals surface area contributed by atoms with Gasteiger partial charge in [-0.3, -0.25) is 9.59 Å². The Morgan fingerprint density at radius 1 is 1.19 bits per heavy atom. The molecule has 1 N–H and O–H groups in total. The number of hydrogen-bond acceptors (Lipinski definition) is 6. The van der Waals surface area contributed by atoms with Gasteiger partial charge < -0.3 is 5.32 Å². The van der Waals surface area contributed by atoms with E-state index in [1.54, 1.807) is 28.0 Å². The first-order valence-corrected chi connectivity index (χ1v) is 14.3. The standard InChI is InChI=1S/C27H24ClN5O2S2/c1-15-7-12-21-19(13-15)23-24(35)32(18-10-8-17(28)9-11-18)26-30-31-27(33(26)25(23)37-21)36-14-22(34)29-20-6-4-3-5-16(20)2/h3-6,8-11,15H,7,12-14H2,1-2H3,(H,29,34)/t15-/m0/s1. The lowest BCUT2D eigenvalue weighted by Gasteiger charge is -2.18. The molecule has 0 radical (unpaired) electrons. The Morgan fingerprint density at radius 2 is 1.97 bits per heavy atom. The Morgan fingerprint density at radius 3 is 2.76 bits per heavy atom. The number of aromatic nitrogens is 4. The number of rotatable bonds is 5. The summed E-state index contributed by atoms with van der Waals surface area (Å²) < 4.78 is 3.54. The van der Waals surface area contributed by atoms with E-state index in [-0.39, 0.29) is 17.2 Å². The molecule has 0 saturated carbocycles. The van der Waals surface area contributed by atoms with E-state index in [2.05, 4.69) is 22.4 Å². The van der Waals surface area contributed by atoms with Gasteiger partial charge in [-0.2, -0.15) is 0 Å². The molecule has 0 fully saturated rings. The summed E-state index contributed by atoms with van der Waals surface area (Å²) in [6, 6.07) is 14.8. The van der Waals surface area contributed by atoms with E-state index in [4.69, 9.17) is 11.6 Å². The zero-order chi connectivity index (χ0) is 25.7. The molecular formula is C27H24ClN5O2S2. The highest BCUT2D eigenvalue weighted by molar-refractivity contribution is 7.99. The first-order valence-electron chi connectivity index (χ1n) is 12.1. The summed E-state index contributed by atoms with van der Waals surface area (Å²) in [5.41, 5.74) is 3.50. The number of para-hydroxylation sites is 1. The monoisotopic (exact) mass is 549 g/mol. The molecule has 7 nitrogen and oxygen atoms in total. The number of halogens is 1. The molecule has 1 aliphatic rings. The van der Waals surface area contributed by atoms with Gasteiger partial charge in [0.25, 0.3) is 5.56 Å². The molecule has 37 heavy (non-hydrogen) atoms. The third-order valence-corrected chi connectivity index (χ3v) is 9.22. The van der Waals surface area contributed by atoms with Gasteiger partial charge in [0.2, 0.25) is 11.7 Å². The lowest BCUT2D eigenvalue weighted by atomic mass is 9.89. The third-order valence-electron chi connectivity index (χ3n) is 6.76. The van der Waals surface area contributed by atoms with Crippen molar-refractivity contribution in [1.29, 1.82) is 0 Å². The zero-order valence-corrected chi connectivity index (χ0v) is 22.7. The lowest BCUT2D eigenvalue weighted by Crippen LogP contribution is -2.23. The van der Waals surface area contributed by atoms with Crippen LogP contribution in [0.4, 0.5) is 5.69 Å². The predicted molar refractivity (Wildman–Crippen MR) is 151 cm³/mol. The Balaban J connectivity index is 1.47. The van der Waals surface area contributed by atoms with Crippen molar-refractivity contribution in [1.82, 2.24) is 19.2 Å². The Bertz CT molecular complexity index is 1720. The molecule has 1 atom stereocenters. The minimum atomic E-state index is -0.127. The number of hydrogen-bond donors (Lipinski definition) is 1.